The smallest absolute Gasteiger partial charge is 0.282 e. The highest BCUT2D eigenvalue weighted by atomic mass is 32.2. The Morgan fingerprint density at radius 1 is 1.24 bits per heavy atom. The molecule has 3 aromatic heterocycles. The van der Waals surface area contributed by atoms with Gasteiger partial charge in [-0.2, -0.15) is 5.10 Å². The molecule has 0 amide bonds. The molecule has 0 saturated carbocycles. The standard InChI is InChI=1S/C19H22F2N6OS/c1-29(2,28)25-14-4-3-9-26(12-14)18-10-13(7-8-22-18)16-11-23-17-6-5-15(19(20)21)24-27(16)17/h5-8,10-11,14,19H,3-4,9,12H2,1-2H3. The molecular weight excluding hydrogens is 398 g/mol. The number of hydrogen-bond acceptors (Lipinski definition) is 6. The predicted molar refractivity (Wildman–Crippen MR) is 109 cm³/mol. The number of rotatable bonds is 4. The van der Waals surface area contributed by atoms with Crippen molar-refractivity contribution >= 4 is 21.2 Å². The average Bonchev–Trinajstić information content (AvgIpc) is 3.10. The Morgan fingerprint density at radius 2 is 2.07 bits per heavy atom. The highest BCUT2D eigenvalue weighted by Gasteiger charge is 2.22. The van der Waals surface area contributed by atoms with Gasteiger partial charge in [-0.05, 0) is 37.1 Å². The normalized spacial score (nSPS) is 17.8. The first-order valence-electron chi connectivity index (χ1n) is 9.30. The van der Waals surface area contributed by atoms with E-state index in [0.717, 1.165) is 30.8 Å². The van der Waals surface area contributed by atoms with E-state index >= 15 is 0 Å². The molecule has 1 fully saturated rings. The van der Waals surface area contributed by atoms with Gasteiger partial charge in [0.25, 0.3) is 6.43 Å². The van der Waals surface area contributed by atoms with Crippen LogP contribution in [0, 0.1) is 0 Å². The van der Waals surface area contributed by atoms with E-state index in [-0.39, 0.29) is 11.7 Å². The molecule has 0 spiro atoms. The van der Waals surface area contributed by atoms with Crippen molar-refractivity contribution in [2.75, 3.05) is 30.5 Å². The van der Waals surface area contributed by atoms with Crippen molar-refractivity contribution in [2.45, 2.75) is 25.3 Å². The number of imidazole rings is 1. The van der Waals surface area contributed by atoms with Gasteiger partial charge in [0.1, 0.15) is 11.5 Å². The van der Waals surface area contributed by atoms with Gasteiger partial charge in [-0.3, -0.25) is 4.21 Å². The second-order valence-electron chi connectivity index (χ2n) is 7.40. The van der Waals surface area contributed by atoms with Crippen molar-refractivity contribution in [1.29, 1.82) is 0 Å². The molecule has 29 heavy (non-hydrogen) atoms. The zero-order valence-electron chi connectivity index (χ0n) is 16.2. The van der Waals surface area contributed by atoms with E-state index in [2.05, 4.69) is 24.3 Å². The molecule has 10 heteroatoms. The predicted octanol–water partition coefficient (Wildman–Crippen LogP) is 3.43. The maximum atomic E-state index is 13.1. The average molecular weight is 420 g/mol. The van der Waals surface area contributed by atoms with E-state index in [1.165, 1.54) is 16.6 Å². The molecule has 1 aliphatic rings. The summed E-state index contributed by atoms with van der Waals surface area (Å²) in [5.41, 5.74) is 1.61. The first-order chi connectivity index (χ1) is 13.8. The van der Waals surface area contributed by atoms with Gasteiger partial charge in [-0.1, -0.05) is 0 Å². The molecule has 4 rings (SSSR count). The monoisotopic (exact) mass is 420 g/mol. The van der Waals surface area contributed by atoms with Crippen LogP contribution in [0.25, 0.3) is 16.9 Å². The van der Waals surface area contributed by atoms with E-state index in [1.54, 1.807) is 31.0 Å². The zero-order valence-corrected chi connectivity index (χ0v) is 17.0. The second kappa shape index (κ2) is 7.66. The first kappa shape index (κ1) is 19.7. The second-order valence-corrected chi connectivity index (χ2v) is 9.98. The Balaban J connectivity index is 1.67. The number of anilines is 1. The SMILES string of the molecule is CS(C)(=O)=NC1CCCN(c2cc(-c3cnc4ccc(C(F)F)nn34)ccn2)C1. The Kier molecular flexibility index (Phi) is 5.20. The van der Waals surface area contributed by atoms with Crippen LogP contribution >= 0.6 is 0 Å². The number of piperidine rings is 1. The minimum Gasteiger partial charge on any atom is -0.354 e. The number of hydrogen-bond donors (Lipinski definition) is 0. The minimum atomic E-state index is -2.65. The summed E-state index contributed by atoms with van der Waals surface area (Å²) < 4.78 is 44.0. The van der Waals surface area contributed by atoms with E-state index < -0.39 is 16.2 Å². The minimum absolute atomic E-state index is 0.00256. The molecular formula is C19H22F2N6OS. The van der Waals surface area contributed by atoms with Gasteiger partial charge >= 0.3 is 0 Å². The summed E-state index contributed by atoms with van der Waals surface area (Å²) in [4.78, 5) is 10.9. The molecule has 1 atom stereocenters. The highest BCUT2D eigenvalue weighted by Crippen LogP contribution is 2.27. The summed E-state index contributed by atoms with van der Waals surface area (Å²) in [6.45, 7) is 1.48. The molecule has 1 aliphatic heterocycles. The third-order valence-electron chi connectivity index (χ3n) is 4.77. The summed E-state index contributed by atoms with van der Waals surface area (Å²) >= 11 is 0. The van der Waals surface area contributed by atoms with Crippen LogP contribution in [0.15, 0.2) is 41.0 Å². The van der Waals surface area contributed by atoms with E-state index in [1.807, 2.05) is 6.07 Å². The fourth-order valence-electron chi connectivity index (χ4n) is 3.56. The number of pyridine rings is 1. The number of halogens is 2. The molecule has 1 saturated heterocycles. The summed E-state index contributed by atoms with van der Waals surface area (Å²) in [6.07, 6.45) is 5.79. The molecule has 1 unspecified atom stereocenters. The Hall–Kier alpha value is -2.62. The van der Waals surface area contributed by atoms with Crippen molar-refractivity contribution in [3.63, 3.8) is 0 Å². The largest absolute Gasteiger partial charge is 0.354 e. The van der Waals surface area contributed by atoms with Crippen LogP contribution in [0.1, 0.15) is 25.0 Å². The van der Waals surface area contributed by atoms with Crippen molar-refractivity contribution in [2.24, 2.45) is 4.36 Å². The lowest BCUT2D eigenvalue weighted by atomic mass is 10.1. The van der Waals surface area contributed by atoms with Crippen LogP contribution in [0.5, 0.6) is 0 Å². The van der Waals surface area contributed by atoms with Crippen LogP contribution < -0.4 is 4.90 Å². The lowest BCUT2D eigenvalue weighted by Crippen LogP contribution is -2.38. The summed E-state index contributed by atoms with van der Waals surface area (Å²) in [6, 6.07) is 6.52. The van der Waals surface area contributed by atoms with Crippen LogP contribution in [0.4, 0.5) is 14.6 Å². The van der Waals surface area contributed by atoms with Gasteiger partial charge in [-0.25, -0.2) is 27.6 Å². The lowest BCUT2D eigenvalue weighted by Gasteiger charge is -2.32. The van der Waals surface area contributed by atoms with E-state index in [9.17, 15) is 13.0 Å². The maximum Gasteiger partial charge on any atom is 0.282 e. The highest BCUT2D eigenvalue weighted by molar-refractivity contribution is 7.92. The van der Waals surface area contributed by atoms with Crippen molar-refractivity contribution in [3.05, 3.63) is 42.4 Å². The molecule has 0 radical (unpaired) electrons. The molecule has 4 heterocycles. The number of fused-ring (bicyclic) bond motifs is 1. The van der Waals surface area contributed by atoms with Gasteiger partial charge in [0, 0.05) is 47.1 Å². The molecule has 3 aromatic rings. The molecule has 0 aliphatic carbocycles. The van der Waals surface area contributed by atoms with E-state index in [0.29, 0.717) is 17.9 Å². The maximum absolute atomic E-state index is 13.1. The summed E-state index contributed by atoms with van der Waals surface area (Å²) in [5.74, 6) is 0.765. The molecule has 7 nitrogen and oxygen atoms in total. The van der Waals surface area contributed by atoms with E-state index in [4.69, 9.17) is 0 Å². The van der Waals surface area contributed by atoms with Gasteiger partial charge in [0.15, 0.2) is 5.65 Å². The van der Waals surface area contributed by atoms with Gasteiger partial charge in [-0.15, -0.1) is 0 Å². The van der Waals surface area contributed by atoms with Gasteiger partial charge in [0.2, 0.25) is 0 Å². The van der Waals surface area contributed by atoms with Gasteiger partial charge < -0.3 is 4.90 Å². The van der Waals surface area contributed by atoms with Crippen LogP contribution in [0.2, 0.25) is 0 Å². The third-order valence-corrected chi connectivity index (χ3v) is 5.58. The zero-order chi connectivity index (χ0) is 20.6. The Bertz CT molecular complexity index is 1150. The Morgan fingerprint density at radius 3 is 2.83 bits per heavy atom. The molecule has 0 bridgehead atoms. The van der Waals surface area contributed by atoms with Crippen LogP contribution in [0.3, 0.4) is 0 Å². The van der Waals surface area contributed by atoms with Crippen molar-refractivity contribution in [3.8, 4) is 11.3 Å². The molecule has 154 valence electrons. The number of alkyl halides is 2. The molecule has 0 N–H and O–H groups in total. The van der Waals surface area contributed by atoms with Crippen molar-refractivity contribution in [1.82, 2.24) is 19.6 Å². The first-order valence-corrected chi connectivity index (χ1v) is 11.6. The van der Waals surface area contributed by atoms with Crippen molar-refractivity contribution < 1.29 is 13.0 Å². The topological polar surface area (TPSA) is 75.8 Å². The molecule has 0 aromatic carbocycles. The quantitative estimate of drug-likeness (QED) is 0.646. The lowest BCUT2D eigenvalue weighted by molar-refractivity contribution is 0.144. The van der Waals surface area contributed by atoms with Crippen LogP contribution in [-0.2, 0) is 9.73 Å². The van der Waals surface area contributed by atoms with Gasteiger partial charge in [0.05, 0.1) is 17.9 Å². The fraction of sp³-hybridized carbons (Fsp3) is 0.421. The number of nitrogens with zero attached hydrogens (tertiary/aromatic N) is 6. The third kappa shape index (κ3) is 4.36. The van der Waals surface area contributed by atoms with Crippen LogP contribution in [-0.4, -0.2) is 55.4 Å². The fourth-order valence-corrected chi connectivity index (χ4v) is 4.45. The number of aromatic nitrogens is 4. The Labute approximate surface area is 168 Å². The summed E-state index contributed by atoms with van der Waals surface area (Å²) in [7, 11) is -2.16. The summed E-state index contributed by atoms with van der Waals surface area (Å²) in [5, 5.41) is 4.03.